The first kappa shape index (κ1) is 26.8. The van der Waals surface area contributed by atoms with Crippen LogP contribution in [-0.4, -0.2) is 69.1 Å². The summed E-state index contributed by atoms with van der Waals surface area (Å²) in [6.45, 7) is 9.50. The quantitative estimate of drug-likeness (QED) is 0.299. The lowest BCUT2D eigenvalue weighted by atomic mass is 10.1. The third kappa shape index (κ3) is 9.69. The molecule has 1 fully saturated rings. The van der Waals surface area contributed by atoms with E-state index in [-0.39, 0.29) is 36.3 Å². The predicted octanol–water partition coefficient (Wildman–Crippen LogP) is 3.33. The minimum absolute atomic E-state index is 0. The second kappa shape index (κ2) is 13.2. The molecule has 1 saturated heterocycles. The van der Waals surface area contributed by atoms with E-state index in [0.29, 0.717) is 30.7 Å². The van der Waals surface area contributed by atoms with Crippen LogP contribution in [0.1, 0.15) is 25.0 Å². The maximum atomic E-state index is 12.5. The molecule has 0 amide bonds. The zero-order valence-corrected chi connectivity index (χ0v) is 20.0. The number of morpholine rings is 1. The van der Waals surface area contributed by atoms with Crippen LogP contribution in [0.4, 0.5) is 13.2 Å². The minimum atomic E-state index is -4.38. The van der Waals surface area contributed by atoms with Crippen molar-refractivity contribution in [3.05, 3.63) is 29.3 Å². The monoisotopic (exact) mass is 544 g/mol. The van der Waals surface area contributed by atoms with Gasteiger partial charge in [-0.3, -0.25) is 4.90 Å². The van der Waals surface area contributed by atoms with Gasteiger partial charge in [0.1, 0.15) is 5.75 Å². The van der Waals surface area contributed by atoms with Crippen molar-refractivity contribution in [2.45, 2.75) is 39.5 Å². The molecule has 1 aromatic carbocycles. The van der Waals surface area contributed by atoms with Crippen LogP contribution in [0.25, 0.3) is 0 Å². The van der Waals surface area contributed by atoms with Crippen LogP contribution >= 0.6 is 24.0 Å². The first-order chi connectivity index (χ1) is 13.8. The summed E-state index contributed by atoms with van der Waals surface area (Å²) in [5, 5.41) is 6.48. The second-order valence-corrected chi connectivity index (χ2v) is 7.09. The number of nitrogens with one attached hydrogen (secondary N) is 2. The fourth-order valence-electron chi connectivity index (χ4n) is 2.98. The highest BCUT2D eigenvalue weighted by Gasteiger charge is 2.28. The van der Waals surface area contributed by atoms with E-state index < -0.39 is 12.8 Å². The number of aryl methyl sites for hydroxylation is 1. The number of hydrogen-bond acceptors (Lipinski definition) is 4. The number of alkyl halides is 3. The van der Waals surface area contributed by atoms with E-state index in [1.807, 2.05) is 19.9 Å². The summed E-state index contributed by atoms with van der Waals surface area (Å²) in [7, 11) is 0. The molecule has 0 aliphatic carbocycles. The Morgan fingerprint density at radius 2 is 1.97 bits per heavy atom. The van der Waals surface area contributed by atoms with E-state index in [1.54, 1.807) is 12.1 Å². The van der Waals surface area contributed by atoms with Gasteiger partial charge in [-0.2, -0.15) is 13.2 Å². The topological polar surface area (TPSA) is 58.1 Å². The molecule has 1 aromatic rings. The fraction of sp³-hybridized carbons (Fsp3) is 0.650. The molecule has 1 atom stereocenters. The van der Waals surface area contributed by atoms with Crippen molar-refractivity contribution >= 4 is 29.9 Å². The average molecular weight is 544 g/mol. The Hall–Kier alpha value is -1.27. The van der Waals surface area contributed by atoms with Gasteiger partial charge in [0.25, 0.3) is 0 Å². The van der Waals surface area contributed by atoms with Gasteiger partial charge in [0.05, 0.1) is 19.8 Å². The lowest BCUT2D eigenvalue weighted by Crippen LogP contribution is -2.49. The molecule has 172 valence electrons. The maximum Gasteiger partial charge on any atom is 0.422 e. The first-order valence-electron chi connectivity index (χ1n) is 9.91. The molecular formula is C20H32F3IN4O2. The van der Waals surface area contributed by atoms with Crippen molar-refractivity contribution in [2.24, 2.45) is 4.99 Å². The van der Waals surface area contributed by atoms with Crippen LogP contribution in [-0.2, 0) is 11.3 Å². The molecule has 6 nitrogen and oxygen atoms in total. The molecule has 0 radical (unpaired) electrons. The molecule has 0 saturated carbocycles. The van der Waals surface area contributed by atoms with Gasteiger partial charge in [-0.25, -0.2) is 4.99 Å². The average Bonchev–Trinajstić information content (AvgIpc) is 2.69. The van der Waals surface area contributed by atoms with E-state index in [0.717, 1.165) is 31.9 Å². The molecule has 0 spiro atoms. The van der Waals surface area contributed by atoms with Crippen molar-refractivity contribution in [3.8, 4) is 5.75 Å². The third-order valence-corrected chi connectivity index (χ3v) is 4.60. The number of aliphatic imine (C=N–C) groups is 1. The Morgan fingerprint density at radius 1 is 1.27 bits per heavy atom. The molecule has 2 rings (SSSR count). The number of rotatable bonds is 8. The molecule has 1 aliphatic rings. The van der Waals surface area contributed by atoms with E-state index in [9.17, 15) is 13.2 Å². The van der Waals surface area contributed by atoms with Crippen LogP contribution in [0.5, 0.6) is 5.75 Å². The van der Waals surface area contributed by atoms with Crippen LogP contribution < -0.4 is 15.4 Å². The largest absolute Gasteiger partial charge is 0.484 e. The fourth-order valence-corrected chi connectivity index (χ4v) is 2.98. The second-order valence-electron chi connectivity index (χ2n) is 7.09. The summed E-state index contributed by atoms with van der Waals surface area (Å²) in [6.07, 6.45) is -4.38. The predicted molar refractivity (Wildman–Crippen MR) is 123 cm³/mol. The molecule has 30 heavy (non-hydrogen) atoms. The molecule has 0 bridgehead atoms. The van der Waals surface area contributed by atoms with Crippen molar-refractivity contribution in [1.29, 1.82) is 0 Å². The Bertz CT molecular complexity index is 668. The van der Waals surface area contributed by atoms with Gasteiger partial charge in [0, 0.05) is 37.8 Å². The van der Waals surface area contributed by atoms with Crippen molar-refractivity contribution in [3.63, 3.8) is 0 Å². The number of halogens is 4. The summed E-state index contributed by atoms with van der Waals surface area (Å²) in [5.41, 5.74) is 1.44. The molecule has 1 aliphatic heterocycles. The van der Waals surface area contributed by atoms with E-state index in [4.69, 9.17) is 9.47 Å². The van der Waals surface area contributed by atoms with Gasteiger partial charge >= 0.3 is 6.18 Å². The smallest absolute Gasteiger partial charge is 0.422 e. The number of hydrogen-bond donors (Lipinski definition) is 2. The van der Waals surface area contributed by atoms with Gasteiger partial charge in [-0.1, -0.05) is 12.1 Å². The van der Waals surface area contributed by atoms with Gasteiger partial charge in [-0.15, -0.1) is 24.0 Å². The van der Waals surface area contributed by atoms with Crippen molar-refractivity contribution < 1.29 is 22.6 Å². The number of guanidine groups is 1. The Labute approximate surface area is 193 Å². The van der Waals surface area contributed by atoms with Gasteiger partial charge < -0.3 is 20.1 Å². The molecular weight excluding hydrogens is 512 g/mol. The summed E-state index contributed by atoms with van der Waals surface area (Å²) in [4.78, 5) is 6.88. The lowest BCUT2D eigenvalue weighted by Gasteiger charge is -2.32. The third-order valence-electron chi connectivity index (χ3n) is 4.60. The van der Waals surface area contributed by atoms with Crippen LogP contribution in [0, 0.1) is 6.92 Å². The molecule has 1 unspecified atom stereocenters. The van der Waals surface area contributed by atoms with Gasteiger partial charge in [-0.05, 0) is 32.4 Å². The SMILES string of the molecule is CCNC(=NCc1ccc(C)cc1OCC(F)(F)F)NCC(C)N1CCOCC1.I. The van der Waals surface area contributed by atoms with E-state index in [2.05, 4.69) is 27.4 Å². The number of benzene rings is 1. The maximum absolute atomic E-state index is 12.5. The summed E-state index contributed by atoms with van der Waals surface area (Å²) < 4.78 is 48.0. The van der Waals surface area contributed by atoms with Gasteiger partial charge in [0.2, 0.25) is 0 Å². The molecule has 1 heterocycles. The Kier molecular flexibility index (Phi) is 11.8. The summed E-state index contributed by atoms with van der Waals surface area (Å²) >= 11 is 0. The zero-order chi connectivity index (χ0) is 21.3. The molecule has 2 N–H and O–H groups in total. The van der Waals surface area contributed by atoms with Crippen LogP contribution in [0.15, 0.2) is 23.2 Å². The highest BCUT2D eigenvalue weighted by atomic mass is 127. The normalized spacial score (nSPS) is 16.5. The standard InChI is InChI=1S/C20H31F3N4O2.HI/c1-4-24-19(25-12-16(3)27-7-9-28-10-8-27)26-13-17-6-5-15(2)11-18(17)29-14-20(21,22)23;/h5-6,11,16H,4,7-10,12-14H2,1-3H3,(H2,24,25,26);1H. The Balaban J connectivity index is 0.00000450. The summed E-state index contributed by atoms with van der Waals surface area (Å²) in [5.74, 6) is 0.832. The highest BCUT2D eigenvalue weighted by molar-refractivity contribution is 14.0. The summed E-state index contributed by atoms with van der Waals surface area (Å²) in [6, 6.07) is 5.52. The molecule has 10 heteroatoms. The lowest BCUT2D eigenvalue weighted by molar-refractivity contribution is -0.153. The number of nitrogens with zero attached hydrogens (tertiary/aromatic N) is 2. The minimum Gasteiger partial charge on any atom is -0.484 e. The van der Waals surface area contributed by atoms with E-state index >= 15 is 0 Å². The molecule has 0 aromatic heterocycles. The van der Waals surface area contributed by atoms with Gasteiger partial charge in [0.15, 0.2) is 12.6 Å². The van der Waals surface area contributed by atoms with Crippen LogP contribution in [0.2, 0.25) is 0 Å². The van der Waals surface area contributed by atoms with Crippen LogP contribution in [0.3, 0.4) is 0 Å². The van der Waals surface area contributed by atoms with Crippen molar-refractivity contribution in [1.82, 2.24) is 15.5 Å². The number of ether oxygens (including phenoxy) is 2. The van der Waals surface area contributed by atoms with Crippen molar-refractivity contribution in [2.75, 3.05) is 46.0 Å². The first-order valence-corrected chi connectivity index (χ1v) is 9.91. The highest BCUT2D eigenvalue weighted by Crippen LogP contribution is 2.24. The zero-order valence-electron chi connectivity index (χ0n) is 17.7. The van der Waals surface area contributed by atoms with E-state index in [1.165, 1.54) is 0 Å². The Morgan fingerprint density at radius 3 is 2.60 bits per heavy atom.